The molecule has 2 aromatic rings. The number of benzene rings is 1. The summed E-state index contributed by atoms with van der Waals surface area (Å²) in [6.07, 6.45) is 2.51. The first kappa shape index (κ1) is 24.2. The Labute approximate surface area is 184 Å². The van der Waals surface area contributed by atoms with Gasteiger partial charge in [0.2, 0.25) is 5.91 Å². The van der Waals surface area contributed by atoms with Gasteiger partial charge in [0, 0.05) is 49.6 Å². The van der Waals surface area contributed by atoms with Gasteiger partial charge in [0.25, 0.3) is 11.9 Å². The van der Waals surface area contributed by atoms with Crippen molar-refractivity contribution in [1.29, 1.82) is 0 Å². The van der Waals surface area contributed by atoms with Gasteiger partial charge >= 0.3 is 0 Å². The fourth-order valence-electron chi connectivity index (χ4n) is 3.16. The number of nitrogens with zero attached hydrogens (tertiary/aromatic N) is 2. The predicted octanol–water partition coefficient (Wildman–Crippen LogP) is 1.85. The molecule has 0 fully saturated rings. The van der Waals surface area contributed by atoms with Crippen LogP contribution in [0, 0.1) is 0 Å². The minimum absolute atomic E-state index is 0.0227. The summed E-state index contributed by atoms with van der Waals surface area (Å²) in [5.74, 6) is -0.851. The van der Waals surface area contributed by atoms with Gasteiger partial charge in [0.05, 0.1) is 18.6 Å². The van der Waals surface area contributed by atoms with Gasteiger partial charge in [0.15, 0.2) is 0 Å². The van der Waals surface area contributed by atoms with Crippen molar-refractivity contribution in [2.24, 2.45) is 0 Å². The van der Waals surface area contributed by atoms with E-state index in [1.54, 1.807) is 12.4 Å². The van der Waals surface area contributed by atoms with Crippen LogP contribution in [0.1, 0.15) is 36.8 Å². The highest BCUT2D eigenvalue weighted by atomic mass is 35.5. The maximum absolute atomic E-state index is 13.0. The number of halogens is 1. The number of aliphatic carboxylic acids is 2. The fourth-order valence-corrected chi connectivity index (χ4v) is 3.35. The third kappa shape index (κ3) is 7.26. The molecular weight excluding hydrogens is 428 g/mol. The van der Waals surface area contributed by atoms with Crippen molar-refractivity contribution < 1.29 is 29.3 Å². The molecule has 0 bridgehead atoms. The number of ether oxygens (including phenoxy) is 1. The first-order chi connectivity index (χ1) is 14.7. The molecule has 1 unspecified atom stereocenters. The second-order valence-corrected chi connectivity index (χ2v) is 7.24. The number of hydrogen-bond donors (Lipinski definition) is 4. The molecule has 11 heteroatoms. The molecular formula is C20H25ClN4O6. The lowest BCUT2D eigenvalue weighted by Crippen LogP contribution is -2.44. The predicted molar refractivity (Wildman–Crippen MR) is 112 cm³/mol. The van der Waals surface area contributed by atoms with Gasteiger partial charge < -0.3 is 30.2 Å². The summed E-state index contributed by atoms with van der Waals surface area (Å²) in [6, 6.07) is 5.12. The quantitative estimate of drug-likeness (QED) is 0.513. The highest BCUT2D eigenvalue weighted by Gasteiger charge is 2.32. The number of hydrogen-bond acceptors (Lipinski definition) is 6. The van der Waals surface area contributed by atoms with Crippen molar-refractivity contribution in [1.82, 2.24) is 20.2 Å². The van der Waals surface area contributed by atoms with E-state index >= 15 is 0 Å². The molecule has 2 aliphatic heterocycles. The Morgan fingerprint density at radius 3 is 2.58 bits per heavy atom. The fraction of sp³-hybridized carbons (Fsp3) is 0.400. The summed E-state index contributed by atoms with van der Waals surface area (Å²) in [4.78, 5) is 40.2. The Kier molecular flexibility index (Phi) is 8.83. The third-order valence-corrected chi connectivity index (χ3v) is 4.54. The molecule has 0 saturated carbocycles. The van der Waals surface area contributed by atoms with Crippen LogP contribution in [-0.2, 0) is 27.3 Å². The highest BCUT2D eigenvalue weighted by molar-refractivity contribution is 6.30. The Hall–Kier alpha value is -3.11. The number of fused-ring (bicyclic) bond motifs is 2. The van der Waals surface area contributed by atoms with Crippen LogP contribution < -0.4 is 10.1 Å². The van der Waals surface area contributed by atoms with E-state index in [2.05, 4.69) is 15.3 Å². The van der Waals surface area contributed by atoms with Crippen molar-refractivity contribution in [2.75, 3.05) is 19.7 Å². The molecule has 0 aliphatic carbocycles. The van der Waals surface area contributed by atoms with Crippen molar-refractivity contribution in [3.8, 4) is 5.75 Å². The van der Waals surface area contributed by atoms with Crippen LogP contribution in [0.15, 0.2) is 24.5 Å². The number of aromatic nitrogens is 2. The van der Waals surface area contributed by atoms with E-state index in [9.17, 15) is 4.79 Å². The van der Waals surface area contributed by atoms with Crippen molar-refractivity contribution in [2.45, 2.75) is 32.9 Å². The number of amides is 1. The standard InChI is InChI=1S/C16H17ClN4O2.2C2H4O2/c17-11-1-2-13-10(7-11)8-21(5-6-23-13)16(22)15-14-12(3-4-18-15)19-9-20-14;2*1-2(3)4/h1-2,7,9,15,18H,3-6,8H2,(H,19,20);2*1H3,(H,3,4). The molecule has 2 aliphatic rings. The van der Waals surface area contributed by atoms with Crippen molar-refractivity contribution in [3.05, 3.63) is 46.5 Å². The molecule has 4 N–H and O–H groups in total. The number of imidazole rings is 1. The largest absolute Gasteiger partial charge is 0.491 e. The molecule has 168 valence electrons. The van der Waals surface area contributed by atoms with E-state index in [-0.39, 0.29) is 5.91 Å². The molecule has 0 saturated heterocycles. The molecule has 3 heterocycles. The first-order valence-electron chi connectivity index (χ1n) is 9.53. The first-order valence-corrected chi connectivity index (χ1v) is 9.91. The topological polar surface area (TPSA) is 145 Å². The number of carboxylic acid groups (broad SMARTS) is 2. The number of carbonyl (C=O) groups is 3. The van der Waals surface area contributed by atoms with Crippen LogP contribution in [0.5, 0.6) is 5.75 Å². The SMILES string of the molecule is CC(=O)O.CC(=O)O.O=C(C1NCCc2[nH]cnc21)N1CCOc2ccc(Cl)cc2C1. The lowest BCUT2D eigenvalue weighted by molar-refractivity contribution is -0.135. The number of rotatable bonds is 1. The van der Waals surface area contributed by atoms with Gasteiger partial charge in [-0.15, -0.1) is 0 Å². The smallest absolute Gasteiger partial charge is 0.300 e. The molecule has 1 aromatic carbocycles. The zero-order valence-corrected chi connectivity index (χ0v) is 18.0. The van der Waals surface area contributed by atoms with Gasteiger partial charge in [-0.3, -0.25) is 14.4 Å². The number of aromatic amines is 1. The molecule has 4 rings (SSSR count). The van der Waals surface area contributed by atoms with Gasteiger partial charge in [-0.1, -0.05) is 11.6 Å². The van der Waals surface area contributed by atoms with Crippen molar-refractivity contribution >= 4 is 29.4 Å². The average Bonchev–Trinajstić information content (AvgIpc) is 3.06. The van der Waals surface area contributed by atoms with E-state index in [1.807, 2.05) is 17.0 Å². The normalized spacial score (nSPS) is 16.6. The van der Waals surface area contributed by atoms with Crippen LogP contribution in [0.25, 0.3) is 0 Å². The highest BCUT2D eigenvalue weighted by Crippen LogP contribution is 2.28. The summed E-state index contributed by atoms with van der Waals surface area (Å²) in [6.45, 7) is 4.44. The number of carbonyl (C=O) groups excluding carboxylic acids is 1. The summed E-state index contributed by atoms with van der Waals surface area (Å²) < 4.78 is 5.73. The second kappa shape index (κ2) is 11.3. The van der Waals surface area contributed by atoms with Gasteiger partial charge in [-0.05, 0) is 18.2 Å². The van der Waals surface area contributed by atoms with Crippen molar-refractivity contribution in [3.63, 3.8) is 0 Å². The molecule has 1 amide bonds. The van der Waals surface area contributed by atoms with Crippen LogP contribution in [0.4, 0.5) is 0 Å². The van der Waals surface area contributed by atoms with Crippen LogP contribution >= 0.6 is 11.6 Å². The maximum atomic E-state index is 13.0. The summed E-state index contributed by atoms with van der Waals surface area (Å²) in [7, 11) is 0. The molecule has 1 atom stereocenters. The van der Waals surface area contributed by atoms with Gasteiger partial charge in [-0.2, -0.15) is 0 Å². The lowest BCUT2D eigenvalue weighted by atomic mass is 10.0. The molecule has 0 radical (unpaired) electrons. The summed E-state index contributed by atoms with van der Waals surface area (Å²) in [5.41, 5.74) is 2.77. The monoisotopic (exact) mass is 452 g/mol. The zero-order chi connectivity index (χ0) is 23.0. The summed E-state index contributed by atoms with van der Waals surface area (Å²) in [5, 5.41) is 18.8. The van der Waals surface area contributed by atoms with E-state index in [4.69, 9.17) is 36.1 Å². The van der Waals surface area contributed by atoms with Crippen LogP contribution in [0.2, 0.25) is 5.02 Å². The molecule has 1 aromatic heterocycles. The number of nitrogens with one attached hydrogen (secondary N) is 2. The number of carboxylic acids is 2. The Morgan fingerprint density at radius 2 is 1.90 bits per heavy atom. The Balaban J connectivity index is 0.000000370. The van der Waals surface area contributed by atoms with Crippen LogP contribution in [0.3, 0.4) is 0 Å². The van der Waals surface area contributed by atoms with E-state index in [0.29, 0.717) is 24.7 Å². The lowest BCUT2D eigenvalue weighted by Gasteiger charge is -2.28. The van der Waals surface area contributed by atoms with E-state index < -0.39 is 18.0 Å². The number of H-pyrrole nitrogens is 1. The molecule has 0 spiro atoms. The van der Waals surface area contributed by atoms with E-state index in [0.717, 1.165) is 49.5 Å². The minimum atomic E-state index is -0.833. The third-order valence-electron chi connectivity index (χ3n) is 4.31. The molecule has 10 nitrogen and oxygen atoms in total. The Morgan fingerprint density at radius 1 is 1.23 bits per heavy atom. The molecule has 31 heavy (non-hydrogen) atoms. The van der Waals surface area contributed by atoms with Crippen LogP contribution in [-0.4, -0.2) is 62.6 Å². The Bertz CT molecular complexity index is 912. The van der Waals surface area contributed by atoms with Gasteiger partial charge in [0.1, 0.15) is 18.4 Å². The second-order valence-electron chi connectivity index (χ2n) is 6.80. The maximum Gasteiger partial charge on any atom is 0.300 e. The van der Waals surface area contributed by atoms with Gasteiger partial charge in [-0.25, -0.2) is 4.98 Å². The summed E-state index contributed by atoms with van der Waals surface area (Å²) >= 11 is 6.07. The zero-order valence-electron chi connectivity index (χ0n) is 17.2. The minimum Gasteiger partial charge on any atom is -0.491 e. The average molecular weight is 453 g/mol. The van der Waals surface area contributed by atoms with E-state index in [1.165, 1.54) is 0 Å².